The van der Waals surface area contributed by atoms with E-state index in [9.17, 15) is 9.59 Å². The molecule has 3 heterocycles. The summed E-state index contributed by atoms with van der Waals surface area (Å²) in [5.74, 6) is 0.442. The van der Waals surface area contributed by atoms with E-state index in [1.165, 1.54) is 5.69 Å². The van der Waals surface area contributed by atoms with Crippen LogP contribution >= 0.6 is 0 Å². The Balaban J connectivity index is 1.24. The van der Waals surface area contributed by atoms with Gasteiger partial charge in [0.2, 0.25) is 0 Å². The third-order valence-electron chi connectivity index (χ3n) is 5.86. The molecule has 0 aliphatic carbocycles. The molecule has 0 spiro atoms. The summed E-state index contributed by atoms with van der Waals surface area (Å²) in [6, 6.07) is 15.6. The van der Waals surface area contributed by atoms with Crippen LogP contribution in [0.25, 0.3) is 10.9 Å². The summed E-state index contributed by atoms with van der Waals surface area (Å²) in [5.41, 5.74) is 4.37. The fraction of sp³-hybridized carbons (Fsp3) is 0.292. The van der Waals surface area contributed by atoms with Gasteiger partial charge in [-0.15, -0.1) is 0 Å². The average molecular weight is 416 g/mol. The van der Waals surface area contributed by atoms with Crippen molar-refractivity contribution in [3.05, 3.63) is 59.8 Å². The number of hydrogen-bond acceptors (Lipinski definition) is 6. The lowest BCUT2D eigenvalue weighted by Gasteiger charge is -2.36. The van der Waals surface area contributed by atoms with Gasteiger partial charge in [0, 0.05) is 48.5 Å². The first-order valence-corrected chi connectivity index (χ1v) is 10.5. The largest absolute Gasteiger partial charge is 0.482 e. The lowest BCUT2D eigenvalue weighted by Crippen LogP contribution is -2.48. The van der Waals surface area contributed by atoms with Gasteiger partial charge >= 0.3 is 0 Å². The highest BCUT2D eigenvalue weighted by Gasteiger charge is 2.22. The number of hydrogen-bond donors (Lipinski definition) is 1. The number of Topliss-reactive ketones (excluding diaryl/α,β-unsaturated/α-hetero) is 1. The van der Waals surface area contributed by atoms with Crippen molar-refractivity contribution in [2.75, 3.05) is 49.5 Å². The van der Waals surface area contributed by atoms with Crippen LogP contribution in [0.5, 0.6) is 5.75 Å². The second kappa shape index (κ2) is 8.00. The number of nitrogens with zero attached hydrogens (tertiary/aromatic N) is 3. The highest BCUT2D eigenvalue weighted by Crippen LogP contribution is 2.29. The Morgan fingerprint density at radius 2 is 1.94 bits per heavy atom. The Hall–Kier alpha value is -3.45. The van der Waals surface area contributed by atoms with Crippen LogP contribution in [0.4, 0.5) is 11.4 Å². The number of piperazine rings is 1. The predicted octanol–water partition coefficient (Wildman–Crippen LogP) is 2.88. The van der Waals surface area contributed by atoms with Crippen molar-refractivity contribution < 1.29 is 14.3 Å². The number of carbonyl (C=O) groups is 2. The number of ether oxygens (including phenoxy) is 1. The Kier molecular flexibility index (Phi) is 5.03. The molecule has 31 heavy (non-hydrogen) atoms. The van der Waals surface area contributed by atoms with Gasteiger partial charge in [0.1, 0.15) is 5.75 Å². The Bertz CT molecular complexity index is 1170. The van der Waals surface area contributed by atoms with Crippen LogP contribution in [0.1, 0.15) is 16.1 Å². The molecule has 0 saturated carbocycles. The summed E-state index contributed by atoms with van der Waals surface area (Å²) in [6.07, 6.45) is 0. The SMILES string of the molecule is Cc1ccc2c(N3CCN(CC(=O)c4ccc5c(c4)NC(=O)CO5)CC3)cccc2n1. The minimum Gasteiger partial charge on any atom is -0.482 e. The summed E-state index contributed by atoms with van der Waals surface area (Å²) in [6.45, 7) is 5.71. The van der Waals surface area contributed by atoms with Crippen molar-refractivity contribution in [1.29, 1.82) is 0 Å². The van der Waals surface area contributed by atoms with Gasteiger partial charge in [-0.3, -0.25) is 19.5 Å². The summed E-state index contributed by atoms with van der Waals surface area (Å²) in [5, 5.41) is 3.92. The number of carbonyl (C=O) groups excluding carboxylic acids is 2. The standard InChI is InChI=1S/C24H24N4O3/c1-16-5-7-18-19(25-16)3-2-4-21(18)28-11-9-27(10-12-28)14-22(29)17-6-8-23-20(13-17)26-24(30)15-31-23/h2-8,13H,9-12,14-15H2,1H3,(H,26,30). The van der Waals surface area contributed by atoms with E-state index >= 15 is 0 Å². The quantitative estimate of drug-likeness (QED) is 0.660. The zero-order chi connectivity index (χ0) is 21.4. The Morgan fingerprint density at radius 3 is 2.77 bits per heavy atom. The fourth-order valence-corrected chi connectivity index (χ4v) is 4.21. The molecule has 2 aliphatic rings. The molecule has 7 heteroatoms. The van der Waals surface area contributed by atoms with Gasteiger partial charge in [-0.1, -0.05) is 6.07 Å². The number of rotatable bonds is 4. The van der Waals surface area contributed by atoms with Crippen molar-refractivity contribution in [1.82, 2.24) is 9.88 Å². The maximum Gasteiger partial charge on any atom is 0.262 e. The summed E-state index contributed by atoms with van der Waals surface area (Å²) < 4.78 is 5.37. The molecular formula is C24H24N4O3. The van der Waals surface area contributed by atoms with E-state index in [0.29, 0.717) is 23.5 Å². The highest BCUT2D eigenvalue weighted by atomic mass is 16.5. The third-order valence-corrected chi connectivity index (χ3v) is 5.86. The molecule has 1 aromatic heterocycles. The highest BCUT2D eigenvalue weighted by molar-refractivity contribution is 6.01. The predicted molar refractivity (Wildman–Crippen MR) is 120 cm³/mol. The molecule has 0 radical (unpaired) electrons. The van der Waals surface area contributed by atoms with Crippen molar-refractivity contribution in [2.24, 2.45) is 0 Å². The van der Waals surface area contributed by atoms with Gasteiger partial charge in [-0.25, -0.2) is 0 Å². The van der Waals surface area contributed by atoms with Crippen LogP contribution in [-0.4, -0.2) is 60.9 Å². The Labute approximate surface area is 180 Å². The molecule has 0 atom stereocenters. The summed E-state index contributed by atoms with van der Waals surface area (Å²) >= 11 is 0. The number of fused-ring (bicyclic) bond motifs is 2. The van der Waals surface area contributed by atoms with E-state index in [2.05, 4.69) is 38.3 Å². The number of ketones is 1. The van der Waals surface area contributed by atoms with Crippen LogP contribution in [0, 0.1) is 6.92 Å². The van der Waals surface area contributed by atoms with E-state index in [0.717, 1.165) is 42.8 Å². The number of pyridine rings is 1. The number of aryl methyl sites for hydroxylation is 1. The minimum absolute atomic E-state index is 0.0109. The normalized spacial score (nSPS) is 16.5. The second-order valence-corrected chi connectivity index (χ2v) is 8.03. The van der Waals surface area contributed by atoms with E-state index in [-0.39, 0.29) is 18.3 Å². The fourth-order valence-electron chi connectivity index (χ4n) is 4.21. The number of aromatic nitrogens is 1. The van der Waals surface area contributed by atoms with E-state index in [1.807, 2.05) is 19.1 Å². The first-order chi connectivity index (χ1) is 15.1. The first-order valence-electron chi connectivity index (χ1n) is 10.5. The smallest absolute Gasteiger partial charge is 0.262 e. The van der Waals surface area contributed by atoms with Gasteiger partial charge in [0.05, 0.1) is 17.7 Å². The molecule has 0 unspecified atom stereocenters. The molecule has 1 N–H and O–H groups in total. The molecule has 1 fully saturated rings. The Morgan fingerprint density at radius 1 is 1.10 bits per heavy atom. The van der Waals surface area contributed by atoms with Gasteiger partial charge in [0.25, 0.3) is 5.91 Å². The molecular weight excluding hydrogens is 392 g/mol. The number of nitrogens with one attached hydrogen (secondary N) is 1. The van der Waals surface area contributed by atoms with Gasteiger partial charge < -0.3 is 15.0 Å². The van der Waals surface area contributed by atoms with E-state index < -0.39 is 0 Å². The molecule has 5 rings (SSSR count). The molecule has 7 nitrogen and oxygen atoms in total. The van der Waals surface area contributed by atoms with Crippen molar-refractivity contribution in [3.8, 4) is 5.75 Å². The van der Waals surface area contributed by atoms with Crippen molar-refractivity contribution in [3.63, 3.8) is 0 Å². The maximum absolute atomic E-state index is 12.8. The number of anilines is 2. The lowest BCUT2D eigenvalue weighted by atomic mass is 10.1. The topological polar surface area (TPSA) is 74.8 Å². The van der Waals surface area contributed by atoms with Crippen LogP contribution in [0.3, 0.4) is 0 Å². The van der Waals surface area contributed by atoms with Crippen LogP contribution in [0.2, 0.25) is 0 Å². The number of benzene rings is 2. The van der Waals surface area contributed by atoms with Crippen LogP contribution < -0.4 is 15.0 Å². The molecule has 158 valence electrons. The van der Waals surface area contributed by atoms with Crippen molar-refractivity contribution >= 4 is 34.0 Å². The van der Waals surface area contributed by atoms with E-state index in [1.54, 1.807) is 18.2 Å². The van der Waals surface area contributed by atoms with E-state index in [4.69, 9.17) is 4.74 Å². The molecule has 0 bridgehead atoms. The van der Waals surface area contributed by atoms with Gasteiger partial charge in [-0.2, -0.15) is 0 Å². The first kappa shape index (κ1) is 19.5. The molecule has 1 saturated heterocycles. The molecule has 2 aromatic carbocycles. The lowest BCUT2D eigenvalue weighted by molar-refractivity contribution is -0.118. The van der Waals surface area contributed by atoms with Crippen molar-refractivity contribution in [2.45, 2.75) is 6.92 Å². The van der Waals surface area contributed by atoms with Crippen LogP contribution in [-0.2, 0) is 4.79 Å². The maximum atomic E-state index is 12.8. The minimum atomic E-state index is -0.202. The second-order valence-electron chi connectivity index (χ2n) is 8.03. The molecule has 3 aromatic rings. The molecule has 2 aliphatic heterocycles. The van der Waals surface area contributed by atoms with Crippen LogP contribution in [0.15, 0.2) is 48.5 Å². The molecule has 1 amide bonds. The third kappa shape index (κ3) is 3.96. The zero-order valence-electron chi connectivity index (χ0n) is 17.4. The van der Waals surface area contributed by atoms with Gasteiger partial charge in [-0.05, 0) is 49.4 Å². The monoisotopic (exact) mass is 416 g/mol. The number of amides is 1. The summed E-state index contributed by atoms with van der Waals surface area (Å²) in [4.78, 5) is 33.5. The zero-order valence-corrected chi connectivity index (χ0v) is 17.4. The summed E-state index contributed by atoms with van der Waals surface area (Å²) in [7, 11) is 0. The average Bonchev–Trinajstić information content (AvgIpc) is 2.78. The van der Waals surface area contributed by atoms with Gasteiger partial charge in [0.15, 0.2) is 12.4 Å².